The van der Waals surface area contributed by atoms with Gasteiger partial charge in [0.05, 0.1) is 0 Å². The van der Waals surface area contributed by atoms with Crippen molar-refractivity contribution in [3.63, 3.8) is 0 Å². The number of benzene rings is 1. The van der Waals surface area contributed by atoms with Crippen molar-refractivity contribution >= 4 is 27.7 Å². The van der Waals surface area contributed by atoms with E-state index in [1.807, 2.05) is 24.3 Å². The van der Waals surface area contributed by atoms with Gasteiger partial charge in [0.2, 0.25) is 5.91 Å². The summed E-state index contributed by atoms with van der Waals surface area (Å²) in [5.74, 6) is -0.923. The van der Waals surface area contributed by atoms with E-state index in [-0.39, 0.29) is 5.91 Å². The van der Waals surface area contributed by atoms with Crippen molar-refractivity contribution in [3.05, 3.63) is 64.4 Å². The summed E-state index contributed by atoms with van der Waals surface area (Å²) < 4.78 is 0.906. The Morgan fingerprint density at radius 1 is 1.24 bits per heavy atom. The van der Waals surface area contributed by atoms with Gasteiger partial charge in [0.25, 0.3) is 5.91 Å². The molecule has 2 rings (SSSR count). The van der Waals surface area contributed by atoms with Crippen LogP contribution in [0.1, 0.15) is 15.9 Å². The molecule has 0 radical (unpaired) electrons. The maximum absolute atomic E-state index is 12.1. The summed E-state index contributed by atoms with van der Waals surface area (Å²) >= 11 is 3.37. The highest BCUT2D eigenvalue weighted by molar-refractivity contribution is 9.10. The predicted molar refractivity (Wildman–Crippen MR) is 82.5 cm³/mol. The number of hydrogen-bond donors (Lipinski definition) is 2. The average Bonchev–Trinajstić information content (AvgIpc) is 2.47. The Morgan fingerprint density at radius 2 is 1.95 bits per heavy atom. The molecule has 1 heterocycles. The molecule has 6 heteroatoms. The first-order valence-electron chi connectivity index (χ1n) is 6.31. The topological polar surface area (TPSA) is 85.1 Å². The molecular formula is C15H14BrN3O2. The van der Waals surface area contributed by atoms with Crippen LogP contribution < -0.4 is 11.1 Å². The number of nitrogens with zero attached hydrogens (tertiary/aromatic N) is 1. The highest BCUT2D eigenvalue weighted by Gasteiger charge is 2.19. The number of halogens is 1. The molecule has 0 fully saturated rings. The Balaban J connectivity index is 2.09. The molecule has 0 unspecified atom stereocenters. The minimum absolute atomic E-state index is 0.339. The van der Waals surface area contributed by atoms with Crippen LogP contribution in [0.3, 0.4) is 0 Å². The van der Waals surface area contributed by atoms with Crippen molar-refractivity contribution in [3.8, 4) is 0 Å². The zero-order valence-corrected chi connectivity index (χ0v) is 12.7. The zero-order valence-electron chi connectivity index (χ0n) is 11.1. The zero-order chi connectivity index (χ0) is 15.2. The summed E-state index contributed by atoms with van der Waals surface area (Å²) in [5.41, 5.74) is 6.71. The van der Waals surface area contributed by atoms with Crippen LogP contribution in [0.25, 0.3) is 0 Å². The lowest BCUT2D eigenvalue weighted by Gasteiger charge is -2.15. The summed E-state index contributed by atoms with van der Waals surface area (Å²) in [6, 6.07) is 9.90. The molecule has 0 aliphatic heterocycles. The van der Waals surface area contributed by atoms with E-state index in [1.54, 1.807) is 12.1 Å². The highest BCUT2D eigenvalue weighted by atomic mass is 79.9. The van der Waals surface area contributed by atoms with Crippen LogP contribution >= 0.6 is 15.9 Å². The minimum atomic E-state index is -0.764. The van der Waals surface area contributed by atoms with Crippen LogP contribution in [0, 0.1) is 0 Å². The lowest BCUT2D eigenvalue weighted by molar-refractivity contribution is -0.119. The molecule has 3 N–H and O–H groups in total. The number of pyridine rings is 1. The van der Waals surface area contributed by atoms with E-state index in [0.717, 1.165) is 10.0 Å². The normalized spacial score (nSPS) is 11.7. The van der Waals surface area contributed by atoms with E-state index in [2.05, 4.69) is 26.2 Å². The number of carbonyl (C=O) groups excluding carboxylic acids is 2. The van der Waals surface area contributed by atoms with Gasteiger partial charge in [-0.1, -0.05) is 28.1 Å². The number of carbonyl (C=O) groups is 2. The monoisotopic (exact) mass is 347 g/mol. The molecular weight excluding hydrogens is 334 g/mol. The fraction of sp³-hybridized carbons (Fsp3) is 0.133. The Morgan fingerprint density at radius 3 is 2.57 bits per heavy atom. The second-order valence-electron chi connectivity index (χ2n) is 4.50. The van der Waals surface area contributed by atoms with Gasteiger partial charge in [-0.3, -0.25) is 14.6 Å². The van der Waals surface area contributed by atoms with Gasteiger partial charge in [-0.05, 0) is 29.8 Å². The maximum Gasteiger partial charge on any atom is 0.252 e. The molecule has 21 heavy (non-hydrogen) atoms. The number of nitrogens with one attached hydrogen (secondary N) is 1. The second kappa shape index (κ2) is 6.99. The van der Waals surface area contributed by atoms with Gasteiger partial charge in [0.1, 0.15) is 6.04 Å². The smallest absolute Gasteiger partial charge is 0.252 e. The quantitative estimate of drug-likeness (QED) is 0.862. The van der Waals surface area contributed by atoms with E-state index in [4.69, 9.17) is 5.73 Å². The van der Waals surface area contributed by atoms with Gasteiger partial charge >= 0.3 is 0 Å². The van der Waals surface area contributed by atoms with Crippen molar-refractivity contribution in [2.75, 3.05) is 0 Å². The van der Waals surface area contributed by atoms with Crippen molar-refractivity contribution in [2.45, 2.75) is 12.5 Å². The third kappa shape index (κ3) is 4.39. The van der Waals surface area contributed by atoms with Crippen LogP contribution in [0.5, 0.6) is 0 Å². The molecule has 0 aliphatic rings. The van der Waals surface area contributed by atoms with Crippen molar-refractivity contribution < 1.29 is 9.59 Å². The summed E-state index contributed by atoms with van der Waals surface area (Å²) in [7, 11) is 0. The number of rotatable bonds is 5. The van der Waals surface area contributed by atoms with E-state index >= 15 is 0 Å². The molecule has 1 atom stereocenters. The molecule has 0 saturated carbocycles. The van der Waals surface area contributed by atoms with Crippen molar-refractivity contribution in [2.24, 2.45) is 5.73 Å². The molecule has 2 amide bonds. The SMILES string of the molecule is NC(=O)[C@@H](Cc1cccc(Br)c1)NC(=O)c1ccncc1. The average molecular weight is 348 g/mol. The fourth-order valence-electron chi connectivity index (χ4n) is 1.87. The van der Waals surface area contributed by atoms with Gasteiger partial charge in [-0.25, -0.2) is 0 Å². The lowest BCUT2D eigenvalue weighted by atomic mass is 10.1. The molecule has 0 spiro atoms. The summed E-state index contributed by atoms with van der Waals surface area (Å²) in [6.45, 7) is 0. The van der Waals surface area contributed by atoms with E-state index in [9.17, 15) is 9.59 Å². The van der Waals surface area contributed by atoms with Crippen LogP contribution in [0.2, 0.25) is 0 Å². The third-order valence-corrected chi connectivity index (χ3v) is 3.41. The van der Waals surface area contributed by atoms with Gasteiger partial charge in [-0.15, -0.1) is 0 Å². The van der Waals surface area contributed by atoms with E-state index < -0.39 is 11.9 Å². The van der Waals surface area contributed by atoms with Crippen LogP contribution in [0.15, 0.2) is 53.3 Å². The van der Waals surface area contributed by atoms with E-state index in [0.29, 0.717) is 12.0 Å². The first-order chi connectivity index (χ1) is 10.1. The standard InChI is InChI=1S/C15H14BrN3O2/c16-12-3-1-2-10(8-12)9-13(14(17)20)19-15(21)11-4-6-18-7-5-11/h1-8,13H,9H2,(H2,17,20)(H,19,21)/t13-/m1/s1. The molecule has 0 aliphatic carbocycles. The summed E-state index contributed by atoms with van der Waals surface area (Å²) in [6.07, 6.45) is 3.37. The number of hydrogen-bond acceptors (Lipinski definition) is 3. The van der Waals surface area contributed by atoms with Crippen LogP contribution in [-0.2, 0) is 11.2 Å². The van der Waals surface area contributed by atoms with Gasteiger partial charge in [0, 0.05) is 28.9 Å². The Bertz CT molecular complexity index is 646. The largest absolute Gasteiger partial charge is 0.368 e. The number of nitrogens with two attached hydrogens (primary N) is 1. The number of primary amides is 1. The molecule has 1 aromatic carbocycles. The molecule has 108 valence electrons. The van der Waals surface area contributed by atoms with Gasteiger partial charge < -0.3 is 11.1 Å². The minimum Gasteiger partial charge on any atom is -0.368 e. The number of amides is 2. The van der Waals surface area contributed by atoms with Gasteiger partial charge in [-0.2, -0.15) is 0 Å². The Labute approximate surface area is 130 Å². The first-order valence-corrected chi connectivity index (χ1v) is 7.10. The highest BCUT2D eigenvalue weighted by Crippen LogP contribution is 2.13. The Hall–Kier alpha value is -2.21. The molecule has 0 saturated heterocycles. The Kier molecular flexibility index (Phi) is 5.05. The van der Waals surface area contributed by atoms with Gasteiger partial charge in [0.15, 0.2) is 0 Å². The lowest BCUT2D eigenvalue weighted by Crippen LogP contribution is -2.45. The predicted octanol–water partition coefficient (Wildman–Crippen LogP) is 1.67. The molecule has 2 aromatic rings. The number of aromatic nitrogens is 1. The van der Waals surface area contributed by atoms with Crippen molar-refractivity contribution in [1.82, 2.24) is 10.3 Å². The summed E-state index contributed by atoms with van der Waals surface area (Å²) in [5, 5.41) is 2.64. The van der Waals surface area contributed by atoms with Crippen LogP contribution in [-0.4, -0.2) is 22.8 Å². The molecule has 5 nitrogen and oxygen atoms in total. The second-order valence-corrected chi connectivity index (χ2v) is 5.41. The third-order valence-electron chi connectivity index (χ3n) is 2.92. The summed E-state index contributed by atoms with van der Waals surface area (Å²) in [4.78, 5) is 27.4. The fourth-order valence-corrected chi connectivity index (χ4v) is 2.31. The van der Waals surface area contributed by atoms with Crippen LogP contribution in [0.4, 0.5) is 0 Å². The van der Waals surface area contributed by atoms with Crippen molar-refractivity contribution in [1.29, 1.82) is 0 Å². The molecule has 1 aromatic heterocycles. The molecule has 0 bridgehead atoms. The first kappa shape index (κ1) is 15.2. The maximum atomic E-state index is 12.1. The van der Waals surface area contributed by atoms with E-state index in [1.165, 1.54) is 12.4 Å².